The van der Waals surface area contributed by atoms with Crippen molar-refractivity contribution in [2.75, 3.05) is 12.4 Å². The molecule has 9 heteroatoms. The van der Waals surface area contributed by atoms with E-state index in [-0.39, 0.29) is 24.3 Å². The maximum atomic E-state index is 12.9. The number of hydrazone groups is 1. The summed E-state index contributed by atoms with van der Waals surface area (Å²) in [7, 11) is 1.58. The first-order valence-corrected chi connectivity index (χ1v) is 14.1. The van der Waals surface area contributed by atoms with E-state index in [4.69, 9.17) is 21.4 Å². The molecule has 2 amide bonds. The van der Waals surface area contributed by atoms with Gasteiger partial charge in [-0.15, -0.1) is 0 Å². The van der Waals surface area contributed by atoms with Crippen LogP contribution in [0.1, 0.15) is 30.0 Å². The molecule has 40 heavy (non-hydrogen) atoms. The largest absolute Gasteiger partial charge is 0.497 e. The van der Waals surface area contributed by atoms with Gasteiger partial charge in [0.2, 0.25) is 5.91 Å². The number of aliphatic imine (C=N–C) groups is 1. The Morgan fingerprint density at radius 3 is 2.52 bits per heavy atom. The van der Waals surface area contributed by atoms with Gasteiger partial charge in [-0.1, -0.05) is 71.9 Å². The molecule has 0 bridgehead atoms. The minimum atomic E-state index is -0.626. The normalized spacial score (nSPS) is 18.6. The molecule has 0 saturated carbocycles. The van der Waals surface area contributed by atoms with Crippen LogP contribution in [0.2, 0.25) is 5.02 Å². The van der Waals surface area contributed by atoms with Crippen molar-refractivity contribution < 1.29 is 14.3 Å². The Hall–Kier alpha value is -4.14. The number of fused-ring (bicyclic) bond motifs is 1. The SMILES string of the molecule is COc1ccc(NC(=O)CC2SC(N3N=C(c4ccc5ccccc5c4)CC3c3ccc(Cl)cc3)=NC2=O)cc1. The van der Waals surface area contributed by atoms with Crippen LogP contribution in [0.5, 0.6) is 5.75 Å². The van der Waals surface area contributed by atoms with Gasteiger partial charge >= 0.3 is 0 Å². The van der Waals surface area contributed by atoms with Crippen LogP contribution in [0.15, 0.2) is 101 Å². The van der Waals surface area contributed by atoms with Crippen LogP contribution in [-0.4, -0.2) is 40.1 Å². The van der Waals surface area contributed by atoms with Crippen molar-refractivity contribution in [3.8, 4) is 5.75 Å². The molecule has 200 valence electrons. The Kier molecular flexibility index (Phi) is 7.28. The summed E-state index contributed by atoms with van der Waals surface area (Å²) in [6, 6.07) is 29.0. The summed E-state index contributed by atoms with van der Waals surface area (Å²) >= 11 is 7.44. The van der Waals surface area contributed by atoms with Crippen molar-refractivity contribution in [2.45, 2.75) is 24.1 Å². The summed E-state index contributed by atoms with van der Waals surface area (Å²) in [5, 5.41) is 12.4. The standard InChI is InChI=1S/C31H25ClN4O3S/c1-39-25-14-12-24(13-15-25)33-29(37)18-28-30(38)34-31(40-28)36-27(20-8-10-23(32)11-9-20)17-26(35-36)22-7-6-19-4-2-3-5-21(19)16-22/h2-16,27-28H,17-18H2,1H3,(H,33,37). The average molecular weight is 569 g/mol. The van der Waals surface area contributed by atoms with Gasteiger partial charge in [0, 0.05) is 23.6 Å². The molecule has 2 aliphatic heterocycles. The van der Waals surface area contributed by atoms with E-state index in [0.29, 0.717) is 28.0 Å². The van der Waals surface area contributed by atoms with Gasteiger partial charge in [-0.05, 0) is 64.4 Å². The van der Waals surface area contributed by atoms with Crippen LogP contribution in [0.4, 0.5) is 5.69 Å². The first-order chi connectivity index (χ1) is 19.5. The van der Waals surface area contributed by atoms with Gasteiger partial charge in [-0.25, -0.2) is 5.01 Å². The summed E-state index contributed by atoms with van der Waals surface area (Å²) in [6.07, 6.45) is 0.638. The summed E-state index contributed by atoms with van der Waals surface area (Å²) in [6.45, 7) is 0. The molecule has 2 unspecified atom stereocenters. The van der Waals surface area contributed by atoms with Gasteiger partial charge < -0.3 is 10.1 Å². The molecule has 7 nitrogen and oxygen atoms in total. The minimum absolute atomic E-state index is 0.00320. The van der Waals surface area contributed by atoms with Crippen molar-refractivity contribution in [3.63, 3.8) is 0 Å². The highest BCUT2D eigenvalue weighted by Crippen LogP contribution is 2.39. The molecule has 6 rings (SSSR count). The summed E-state index contributed by atoms with van der Waals surface area (Å²) in [4.78, 5) is 30.0. The Morgan fingerprint density at radius 2 is 1.77 bits per heavy atom. The zero-order valence-corrected chi connectivity index (χ0v) is 23.2. The highest BCUT2D eigenvalue weighted by atomic mass is 35.5. The Bertz CT molecular complexity index is 1650. The number of methoxy groups -OCH3 is 1. The quantitative estimate of drug-likeness (QED) is 0.280. The average Bonchev–Trinajstić information content (AvgIpc) is 3.57. The molecular weight excluding hydrogens is 544 g/mol. The molecule has 2 heterocycles. The fraction of sp³-hybridized carbons (Fsp3) is 0.161. The van der Waals surface area contributed by atoms with E-state index in [1.165, 1.54) is 11.8 Å². The zero-order valence-electron chi connectivity index (χ0n) is 21.6. The van der Waals surface area contributed by atoms with Gasteiger partial charge in [0.05, 0.1) is 18.9 Å². The number of nitrogens with zero attached hydrogens (tertiary/aromatic N) is 3. The maximum Gasteiger partial charge on any atom is 0.262 e. The first kappa shape index (κ1) is 26.1. The zero-order chi connectivity index (χ0) is 27.6. The highest BCUT2D eigenvalue weighted by molar-refractivity contribution is 8.15. The van der Waals surface area contributed by atoms with Crippen molar-refractivity contribution in [3.05, 3.63) is 107 Å². The van der Waals surface area contributed by atoms with Crippen LogP contribution in [0.3, 0.4) is 0 Å². The van der Waals surface area contributed by atoms with Gasteiger partial charge in [0.1, 0.15) is 11.0 Å². The lowest BCUT2D eigenvalue weighted by atomic mass is 9.97. The number of rotatable bonds is 6. The number of anilines is 1. The van der Waals surface area contributed by atoms with Crippen LogP contribution in [0.25, 0.3) is 10.8 Å². The molecule has 0 fully saturated rings. The number of carbonyl (C=O) groups excluding carboxylic acids is 2. The summed E-state index contributed by atoms with van der Waals surface area (Å²) in [5.74, 6) is 0.0969. The second-order valence-electron chi connectivity index (χ2n) is 9.54. The van der Waals surface area contributed by atoms with Crippen molar-refractivity contribution in [1.82, 2.24) is 5.01 Å². The van der Waals surface area contributed by atoms with Gasteiger partial charge in [-0.2, -0.15) is 10.1 Å². The molecule has 4 aromatic rings. The number of benzene rings is 4. The topological polar surface area (TPSA) is 83.4 Å². The molecule has 0 radical (unpaired) electrons. The monoisotopic (exact) mass is 568 g/mol. The fourth-order valence-corrected chi connectivity index (χ4v) is 6.02. The molecule has 0 spiro atoms. The molecule has 4 aromatic carbocycles. The van der Waals surface area contributed by atoms with Crippen LogP contribution < -0.4 is 10.1 Å². The number of amidine groups is 1. The lowest BCUT2D eigenvalue weighted by molar-refractivity contribution is -0.121. The minimum Gasteiger partial charge on any atom is -0.497 e. The van der Waals surface area contributed by atoms with E-state index < -0.39 is 5.25 Å². The van der Waals surface area contributed by atoms with Crippen LogP contribution >= 0.6 is 23.4 Å². The number of hydrogen-bond donors (Lipinski definition) is 1. The summed E-state index contributed by atoms with van der Waals surface area (Å²) in [5.41, 5.74) is 3.57. The molecule has 0 aliphatic carbocycles. The predicted molar refractivity (Wildman–Crippen MR) is 161 cm³/mol. The second-order valence-corrected chi connectivity index (χ2v) is 11.2. The Balaban J connectivity index is 1.23. The first-order valence-electron chi connectivity index (χ1n) is 12.8. The number of amides is 2. The fourth-order valence-electron chi connectivity index (χ4n) is 4.83. The van der Waals surface area contributed by atoms with Crippen molar-refractivity contribution >= 4 is 62.5 Å². The number of carbonyl (C=O) groups is 2. The molecule has 0 aromatic heterocycles. The van der Waals surface area contributed by atoms with Crippen molar-refractivity contribution in [1.29, 1.82) is 0 Å². The molecule has 2 atom stereocenters. The van der Waals surface area contributed by atoms with E-state index in [2.05, 4.69) is 40.6 Å². The third kappa shape index (κ3) is 5.46. The van der Waals surface area contributed by atoms with E-state index >= 15 is 0 Å². The number of thioether (sulfide) groups is 1. The molecule has 1 N–H and O–H groups in total. The van der Waals surface area contributed by atoms with E-state index in [9.17, 15) is 9.59 Å². The van der Waals surface area contributed by atoms with E-state index in [0.717, 1.165) is 27.6 Å². The smallest absolute Gasteiger partial charge is 0.262 e. The number of nitrogens with one attached hydrogen (secondary N) is 1. The maximum absolute atomic E-state index is 12.9. The molecule has 0 saturated heterocycles. The van der Waals surface area contributed by atoms with Crippen LogP contribution in [0, 0.1) is 0 Å². The van der Waals surface area contributed by atoms with Gasteiger partial charge in [0.15, 0.2) is 5.17 Å². The second kappa shape index (κ2) is 11.2. The number of halogens is 1. The Labute approximate surface area is 240 Å². The van der Waals surface area contributed by atoms with E-state index in [1.54, 1.807) is 31.4 Å². The lowest BCUT2D eigenvalue weighted by Gasteiger charge is -2.23. The van der Waals surface area contributed by atoms with E-state index in [1.807, 2.05) is 41.4 Å². The molecule has 2 aliphatic rings. The van der Waals surface area contributed by atoms with Crippen molar-refractivity contribution in [2.24, 2.45) is 10.1 Å². The van der Waals surface area contributed by atoms with Gasteiger partial charge in [-0.3, -0.25) is 9.59 Å². The third-order valence-electron chi connectivity index (χ3n) is 6.92. The third-order valence-corrected chi connectivity index (χ3v) is 8.31. The lowest BCUT2D eigenvalue weighted by Crippen LogP contribution is -2.25. The predicted octanol–water partition coefficient (Wildman–Crippen LogP) is 6.68. The van der Waals surface area contributed by atoms with Gasteiger partial charge in [0.25, 0.3) is 5.91 Å². The Morgan fingerprint density at radius 1 is 1.02 bits per heavy atom. The van der Waals surface area contributed by atoms with Crippen LogP contribution in [-0.2, 0) is 9.59 Å². The molecular formula is C31H25ClN4O3S. The number of ether oxygens (including phenoxy) is 1. The highest BCUT2D eigenvalue weighted by Gasteiger charge is 2.39. The number of hydrogen-bond acceptors (Lipinski definition) is 6. The summed E-state index contributed by atoms with van der Waals surface area (Å²) < 4.78 is 5.16.